The first kappa shape index (κ1) is 19.8. The highest BCUT2D eigenvalue weighted by Gasteiger charge is 2.33. The topological polar surface area (TPSA) is 72.7 Å². The minimum absolute atomic E-state index is 0.0823. The van der Waals surface area contributed by atoms with E-state index in [2.05, 4.69) is 15.9 Å². The lowest BCUT2D eigenvalue weighted by Gasteiger charge is -2.15. The van der Waals surface area contributed by atoms with Gasteiger partial charge in [-0.3, -0.25) is 19.8 Å². The summed E-state index contributed by atoms with van der Waals surface area (Å²) in [4.78, 5) is 25.1. The molecule has 0 aliphatic carbocycles. The Bertz CT molecular complexity index is 1010. The molecule has 0 bridgehead atoms. The molecule has 1 saturated heterocycles. The van der Waals surface area contributed by atoms with Gasteiger partial charge in [0.15, 0.2) is 4.32 Å². The molecule has 3 rings (SSSR count). The van der Waals surface area contributed by atoms with E-state index in [1.807, 2.05) is 0 Å². The quantitative estimate of drug-likeness (QED) is 0.249. The van der Waals surface area contributed by atoms with Crippen LogP contribution in [0.4, 0.5) is 11.4 Å². The van der Waals surface area contributed by atoms with Crippen molar-refractivity contribution in [1.82, 2.24) is 0 Å². The molecular formula is C17H10BrClN2O4S2. The van der Waals surface area contributed by atoms with Gasteiger partial charge in [0.2, 0.25) is 0 Å². The number of hydrogen-bond acceptors (Lipinski definition) is 6. The van der Waals surface area contributed by atoms with Crippen LogP contribution in [0.25, 0.3) is 6.08 Å². The third-order valence-corrected chi connectivity index (χ3v) is 5.92. The number of carbonyl (C=O) groups is 1. The molecule has 0 saturated carbocycles. The van der Waals surface area contributed by atoms with Gasteiger partial charge in [0, 0.05) is 6.07 Å². The van der Waals surface area contributed by atoms with E-state index in [0.29, 0.717) is 35.7 Å². The Hall–Kier alpha value is -1.94. The van der Waals surface area contributed by atoms with E-state index in [1.165, 1.54) is 18.1 Å². The molecule has 0 N–H and O–H groups in total. The van der Waals surface area contributed by atoms with Crippen molar-refractivity contribution in [2.24, 2.45) is 0 Å². The Labute approximate surface area is 177 Å². The summed E-state index contributed by atoms with van der Waals surface area (Å²) < 4.78 is 5.83. The summed E-state index contributed by atoms with van der Waals surface area (Å²) in [6, 6.07) is 9.56. The molecule has 138 valence electrons. The van der Waals surface area contributed by atoms with Crippen molar-refractivity contribution in [3.63, 3.8) is 0 Å². The van der Waals surface area contributed by atoms with Crippen LogP contribution in [0.5, 0.6) is 5.75 Å². The summed E-state index contributed by atoms with van der Waals surface area (Å²) in [5.41, 5.74) is 0.966. The largest absolute Gasteiger partial charge is 0.495 e. The number of rotatable bonds is 4. The van der Waals surface area contributed by atoms with Crippen molar-refractivity contribution in [1.29, 1.82) is 0 Å². The van der Waals surface area contributed by atoms with Crippen LogP contribution in [-0.4, -0.2) is 22.3 Å². The lowest BCUT2D eigenvalue weighted by Crippen LogP contribution is -2.27. The van der Waals surface area contributed by atoms with Crippen LogP contribution in [0.1, 0.15) is 5.56 Å². The standard InChI is InChI=1S/C17H10BrClN2O4S2/c1-25-14-5-3-10(8-12(14)19)20-16(22)15(27-17(20)26)7-9-2-4-11(18)13(6-9)21(23)24/h2-8H,1H3/b15-7-. The number of nitrogens with zero attached hydrogens (tertiary/aromatic N) is 2. The van der Waals surface area contributed by atoms with Crippen LogP contribution < -0.4 is 9.64 Å². The fraction of sp³-hybridized carbons (Fsp3) is 0.0588. The SMILES string of the molecule is COc1ccc(N2C(=O)/C(=C/c3ccc(Br)c([N+](=O)[O-])c3)SC2=S)cc1Cl. The van der Waals surface area contributed by atoms with E-state index in [9.17, 15) is 14.9 Å². The van der Waals surface area contributed by atoms with Gasteiger partial charge in [-0.25, -0.2) is 0 Å². The maximum atomic E-state index is 12.8. The zero-order valence-electron chi connectivity index (χ0n) is 13.6. The van der Waals surface area contributed by atoms with Gasteiger partial charge >= 0.3 is 0 Å². The maximum Gasteiger partial charge on any atom is 0.284 e. The summed E-state index contributed by atoms with van der Waals surface area (Å²) in [6.45, 7) is 0. The van der Waals surface area contributed by atoms with E-state index in [1.54, 1.807) is 36.4 Å². The van der Waals surface area contributed by atoms with Crippen LogP contribution >= 0.6 is 51.5 Å². The monoisotopic (exact) mass is 484 g/mol. The predicted molar refractivity (Wildman–Crippen MR) is 114 cm³/mol. The van der Waals surface area contributed by atoms with Crippen molar-refractivity contribution in [3.05, 3.63) is 66.5 Å². The molecule has 10 heteroatoms. The fourth-order valence-electron chi connectivity index (χ4n) is 2.40. The number of hydrogen-bond donors (Lipinski definition) is 0. The van der Waals surface area contributed by atoms with Crippen molar-refractivity contribution in [2.45, 2.75) is 0 Å². The Kier molecular flexibility index (Phi) is 5.85. The number of thiocarbonyl (C=S) groups is 1. The first-order valence-electron chi connectivity index (χ1n) is 7.37. The highest BCUT2D eigenvalue weighted by molar-refractivity contribution is 9.10. The number of ether oxygens (including phenoxy) is 1. The number of benzene rings is 2. The van der Waals surface area contributed by atoms with Crippen molar-refractivity contribution in [3.8, 4) is 5.75 Å². The molecule has 0 spiro atoms. The molecule has 1 fully saturated rings. The Morgan fingerprint density at radius 3 is 2.70 bits per heavy atom. The van der Waals surface area contributed by atoms with Gasteiger partial charge in [0.1, 0.15) is 5.75 Å². The molecular weight excluding hydrogens is 476 g/mol. The van der Waals surface area contributed by atoms with Crippen LogP contribution in [0.3, 0.4) is 0 Å². The van der Waals surface area contributed by atoms with Crippen molar-refractivity contribution < 1.29 is 14.5 Å². The Balaban J connectivity index is 1.94. The average molecular weight is 486 g/mol. The van der Waals surface area contributed by atoms with Crippen LogP contribution in [0.2, 0.25) is 5.02 Å². The molecule has 0 aromatic heterocycles. The minimum Gasteiger partial charge on any atom is -0.495 e. The van der Waals surface area contributed by atoms with E-state index in [0.717, 1.165) is 11.8 Å². The number of nitro groups is 1. The summed E-state index contributed by atoms with van der Waals surface area (Å²) in [5, 5.41) is 11.4. The molecule has 6 nitrogen and oxygen atoms in total. The van der Waals surface area contributed by atoms with Crippen LogP contribution in [-0.2, 0) is 4.79 Å². The smallest absolute Gasteiger partial charge is 0.284 e. The van der Waals surface area contributed by atoms with E-state index < -0.39 is 4.92 Å². The van der Waals surface area contributed by atoms with E-state index >= 15 is 0 Å². The van der Waals surface area contributed by atoms with E-state index in [-0.39, 0.29) is 11.6 Å². The van der Waals surface area contributed by atoms with Gasteiger partial charge in [-0.1, -0.05) is 41.6 Å². The summed E-state index contributed by atoms with van der Waals surface area (Å²) in [6.07, 6.45) is 1.57. The zero-order chi connectivity index (χ0) is 19.7. The molecule has 27 heavy (non-hydrogen) atoms. The van der Waals surface area contributed by atoms with Gasteiger partial charge in [-0.2, -0.15) is 0 Å². The molecule has 1 amide bonds. The van der Waals surface area contributed by atoms with Gasteiger partial charge < -0.3 is 4.74 Å². The van der Waals surface area contributed by atoms with E-state index in [4.69, 9.17) is 28.6 Å². The third kappa shape index (κ3) is 4.01. The lowest BCUT2D eigenvalue weighted by atomic mass is 10.2. The third-order valence-electron chi connectivity index (χ3n) is 3.65. The molecule has 1 aliphatic rings. The maximum absolute atomic E-state index is 12.8. The number of methoxy groups -OCH3 is 1. The second-order valence-electron chi connectivity index (χ2n) is 5.30. The average Bonchev–Trinajstić information content (AvgIpc) is 2.89. The summed E-state index contributed by atoms with van der Waals surface area (Å²) in [5.74, 6) is 0.167. The molecule has 1 aliphatic heterocycles. The van der Waals surface area contributed by atoms with Gasteiger partial charge in [0.05, 0.1) is 32.1 Å². The molecule has 1 heterocycles. The molecule has 0 unspecified atom stereocenters. The predicted octanol–water partition coefficient (Wildman–Crippen LogP) is 5.43. The molecule has 2 aromatic carbocycles. The second-order valence-corrected chi connectivity index (χ2v) is 8.24. The van der Waals surface area contributed by atoms with Gasteiger partial charge in [-0.05, 0) is 51.8 Å². The summed E-state index contributed by atoms with van der Waals surface area (Å²) >= 11 is 15.7. The second kappa shape index (κ2) is 7.97. The summed E-state index contributed by atoms with van der Waals surface area (Å²) in [7, 11) is 1.50. The molecule has 2 aromatic rings. The highest BCUT2D eigenvalue weighted by Crippen LogP contribution is 2.39. The molecule has 0 atom stereocenters. The number of thioether (sulfide) groups is 1. The van der Waals surface area contributed by atoms with Crippen molar-refractivity contribution >= 4 is 79.2 Å². The minimum atomic E-state index is -0.494. The number of amides is 1. The number of halogens is 2. The number of anilines is 1. The fourth-order valence-corrected chi connectivity index (χ4v) is 4.34. The van der Waals surface area contributed by atoms with Crippen LogP contribution in [0.15, 0.2) is 45.8 Å². The van der Waals surface area contributed by atoms with Gasteiger partial charge in [-0.15, -0.1) is 0 Å². The normalized spacial score (nSPS) is 15.5. The lowest BCUT2D eigenvalue weighted by molar-refractivity contribution is -0.385. The Morgan fingerprint density at radius 1 is 1.33 bits per heavy atom. The number of carbonyl (C=O) groups excluding carboxylic acids is 1. The highest BCUT2D eigenvalue weighted by atomic mass is 79.9. The van der Waals surface area contributed by atoms with Gasteiger partial charge in [0.25, 0.3) is 11.6 Å². The molecule has 0 radical (unpaired) electrons. The number of nitro benzene ring substituents is 1. The van der Waals surface area contributed by atoms with Crippen molar-refractivity contribution in [2.75, 3.05) is 12.0 Å². The Morgan fingerprint density at radius 2 is 2.07 bits per heavy atom. The first-order chi connectivity index (χ1) is 12.8. The van der Waals surface area contributed by atoms with Crippen LogP contribution in [0, 0.1) is 10.1 Å². The zero-order valence-corrected chi connectivity index (χ0v) is 17.6. The first-order valence-corrected chi connectivity index (χ1v) is 9.77.